The van der Waals surface area contributed by atoms with Gasteiger partial charge in [-0.3, -0.25) is 9.13 Å². The fraction of sp³-hybridized carbons (Fsp3) is 0.647. The first-order chi connectivity index (χ1) is 10.9. The van der Waals surface area contributed by atoms with Crippen LogP contribution in [0, 0.1) is 0 Å². The van der Waals surface area contributed by atoms with Crippen LogP contribution in [-0.2, 0) is 13.4 Å². The Hall–Kier alpha value is -0.440. The fourth-order valence-electron chi connectivity index (χ4n) is 2.09. The van der Waals surface area contributed by atoms with E-state index in [1.807, 2.05) is 13.0 Å². The molecule has 140 valence electrons. The molecule has 2 N–H and O–H groups in total. The summed E-state index contributed by atoms with van der Waals surface area (Å²) in [6, 6.07) is 0. The highest BCUT2D eigenvalue weighted by Gasteiger charge is 2.27. The first kappa shape index (κ1) is 23.6. The number of hydrogen-bond acceptors (Lipinski definition) is 3. The van der Waals surface area contributed by atoms with E-state index in [1.54, 1.807) is 0 Å². The molecule has 0 aromatic rings. The lowest BCUT2D eigenvalue weighted by molar-refractivity contribution is 0.337. The molecule has 0 saturated heterocycles. The lowest BCUT2D eigenvalue weighted by atomic mass is 10.1. The first-order valence-electron chi connectivity index (χ1n) is 8.19. The van der Waals surface area contributed by atoms with Crippen molar-refractivity contribution in [3.63, 3.8) is 0 Å². The molecule has 2 unspecified atom stereocenters. The van der Waals surface area contributed by atoms with Crippen molar-refractivity contribution in [2.45, 2.75) is 59.8 Å². The molecule has 0 amide bonds. The molecule has 0 rings (SSSR count). The Kier molecular flexibility index (Phi) is 11.0. The Labute approximate surface area is 146 Å². The lowest BCUT2D eigenvalue weighted by Gasteiger charge is -2.12. The Morgan fingerprint density at radius 2 is 1.33 bits per heavy atom. The molecule has 0 aliphatic rings. The molecule has 0 heterocycles. The second-order valence-corrected chi connectivity index (χ2v) is 10.5. The Balaban J connectivity index is 4.18. The third kappa shape index (κ3) is 15.1. The molecular weight excluding hydrogens is 346 g/mol. The van der Waals surface area contributed by atoms with E-state index < -0.39 is 15.2 Å². The van der Waals surface area contributed by atoms with Crippen LogP contribution in [0.1, 0.15) is 59.8 Å². The Morgan fingerprint density at radius 1 is 0.875 bits per heavy atom. The van der Waals surface area contributed by atoms with Crippen molar-refractivity contribution in [3.8, 4) is 0 Å². The van der Waals surface area contributed by atoms with Gasteiger partial charge in [0.05, 0.1) is 6.16 Å². The molecular formula is C17H32O5P2. The summed E-state index contributed by atoms with van der Waals surface area (Å²) >= 11 is 0. The van der Waals surface area contributed by atoms with Crippen LogP contribution in [0.25, 0.3) is 0 Å². The van der Waals surface area contributed by atoms with Gasteiger partial charge in [0.1, 0.15) is 0 Å². The van der Waals surface area contributed by atoms with Crippen LogP contribution in [0.15, 0.2) is 34.9 Å². The predicted octanol–water partition coefficient (Wildman–Crippen LogP) is 5.81. The minimum atomic E-state index is -4.01. The van der Waals surface area contributed by atoms with Crippen molar-refractivity contribution in [2.75, 3.05) is 12.8 Å². The quantitative estimate of drug-likeness (QED) is 0.350. The third-order valence-corrected chi connectivity index (χ3v) is 6.36. The highest BCUT2D eigenvalue weighted by atomic mass is 31.3. The SMILES string of the molecule is CC(C)=CCC/C(C)=C/CC/C(C)=C/CCP(=O)(O)OP(C)(=O)O. The van der Waals surface area contributed by atoms with Crippen molar-refractivity contribution < 1.29 is 23.2 Å². The van der Waals surface area contributed by atoms with Crippen LogP contribution in [0.4, 0.5) is 0 Å². The van der Waals surface area contributed by atoms with Gasteiger partial charge in [-0.1, -0.05) is 34.9 Å². The summed E-state index contributed by atoms with van der Waals surface area (Å²) in [6.07, 6.45) is 10.5. The molecule has 2 atom stereocenters. The van der Waals surface area contributed by atoms with Crippen LogP contribution in [0.5, 0.6) is 0 Å². The topological polar surface area (TPSA) is 83.8 Å². The number of hydrogen-bond donors (Lipinski definition) is 2. The fourth-order valence-corrected chi connectivity index (χ4v) is 4.77. The second-order valence-electron chi connectivity index (χ2n) is 6.49. The normalized spacial score (nSPS) is 18.0. The Morgan fingerprint density at radius 3 is 1.79 bits per heavy atom. The summed E-state index contributed by atoms with van der Waals surface area (Å²) in [7, 11) is -7.95. The third-order valence-electron chi connectivity index (χ3n) is 3.31. The average Bonchev–Trinajstić information content (AvgIpc) is 2.34. The first-order valence-corrected chi connectivity index (χ1v) is 12.0. The van der Waals surface area contributed by atoms with Gasteiger partial charge in [-0.2, -0.15) is 0 Å². The molecule has 0 aliphatic carbocycles. The molecule has 5 nitrogen and oxygen atoms in total. The van der Waals surface area contributed by atoms with E-state index >= 15 is 0 Å². The molecule has 0 fully saturated rings. The van der Waals surface area contributed by atoms with Crippen LogP contribution >= 0.6 is 15.2 Å². The van der Waals surface area contributed by atoms with Crippen LogP contribution < -0.4 is 0 Å². The highest BCUT2D eigenvalue weighted by Crippen LogP contribution is 2.57. The van der Waals surface area contributed by atoms with Gasteiger partial charge in [-0.25, -0.2) is 4.31 Å². The molecule has 0 aromatic carbocycles. The van der Waals surface area contributed by atoms with Crippen molar-refractivity contribution in [2.24, 2.45) is 0 Å². The zero-order chi connectivity index (χ0) is 18.8. The molecule has 0 aromatic heterocycles. The maximum Gasteiger partial charge on any atom is 0.335 e. The van der Waals surface area contributed by atoms with Gasteiger partial charge in [-0.05, 0) is 59.8 Å². The molecule has 0 spiro atoms. The van der Waals surface area contributed by atoms with E-state index in [0.29, 0.717) is 6.42 Å². The summed E-state index contributed by atoms with van der Waals surface area (Å²) < 4.78 is 27.0. The van der Waals surface area contributed by atoms with Gasteiger partial charge >= 0.3 is 15.2 Å². The average molecular weight is 378 g/mol. The van der Waals surface area contributed by atoms with E-state index in [4.69, 9.17) is 4.89 Å². The largest absolute Gasteiger partial charge is 0.335 e. The van der Waals surface area contributed by atoms with Crippen molar-refractivity contribution in [1.82, 2.24) is 0 Å². The molecule has 0 radical (unpaired) electrons. The van der Waals surface area contributed by atoms with Gasteiger partial charge in [0, 0.05) is 6.66 Å². The van der Waals surface area contributed by atoms with Crippen LogP contribution in [-0.4, -0.2) is 22.6 Å². The van der Waals surface area contributed by atoms with Crippen molar-refractivity contribution in [3.05, 3.63) is 34.9 Å². The monoisotopic (exact) mass is 378 g/mol. The Bertz CT molecular complexity index is 566. The maximum absolute atomic E-state index is 11.6. The molecule has 0 saturated carbocycles. The molecule has 0 bridgehead atoms. The van der Waals surface area contributed by atoms with Gasteiger partial charge < -0.3 is 9.79 Å². The smallest absolute Gasteiger partial charge is 0.324 e. The van der Waals surface area contributed by atoms with Gasteiger partial charge in [-0.15, -0.1) is 0 Å². The van der Waals surface area contributed by atoms with E-state index in [9.17, 15) is 14.0 Å². The van der Waals surface area contributed by atoms with Gasteiger partial charge in [0.15, 0.2) is 0 Å². The summed E-state index contributed by atoms with van der Waals surface area (Å²) in [5.74, 6) is 0. The zero-order valence-corrected chi connectivity index (χ0v) is 17.3. The minimum Gasteiger partial charge on any atom is -0.324 e. The number of rotatable bonds is 11. The molecule has 7 heteroatoms. The highest BCUT2D eigenvalue weighted by molar-refractivity contribution is 7.65. The standard InChI is InChI=1S/C17H32O5P2/c1-15(2)9-6-10-16(3)11-7-12-17(4)13-8-14-24(20,21)22-23(5,18)19/h9,11,13H,6-8,10,12,14H2,1-5H3,(H,18,19)(H,20,21)/b16-11+,17-13+. The molecule has 24 heavy (non-hydrogen) atoms. The van der Waals surface area contributed by atoms with Gasteiger partial charge in [0.25, 0.3) is 0 Å². The predicted molar refractivity (Wildman–Crippen MR) is 102 cm³/mol. The summed E-state index contributed by atoms with van der Waals surface area (Å²) in [5, 5.41) is 0. The van der Waals surface area contributed by atoms with Crippen molar-refractivity contribution >= 4 is 15.2 Å². The van der Waals surface area contributed by atoms with E-state index in [1.165, 1.54) is 11.1 Å². The number of allylic oxidation sites excluding steroid dienone is 6. The summed E-state index contributed by atoms with van der Waals surface area (Å²) in [5.41, 5.74) is 3.84. The van der Waals surface area contributed by atoms with Gasteiger partial charge in [0.2, 0.25) is 0 Å². The summed E-state index contributed by atoms with van der Waals surface area (Å²) in [4.78, 5) is 18.5. The zero-order valence-electron chi connectivity index (χ0n) is 15.5. The van der Waals surface area contributed by atoms with E-state index in [-0.39, 0.29) is 6.16 Å². The van der Waals surface area contributed by atoms with Crippen molar-refractivity contribution in [1.29, 1.82) is 0 Å². The van der Waals surface area contributed by atoms with E-state index in [0.717, 1.165) is 37.9 Å². The van der Waals surface area contributed by atoms with E-state index in [2.05, 4.69) is 37.2 Å². The maximum atomic E-state index is 11.6. The second kappa shape index (κ2) is 11.2. The minimum absolute atomic E-state index is 0.152. The summed E-state index contributed by atoms with van der Waals surface area (Å²) in [6.45, 7) is 9.22. The lowest BCUT2D eigenvalue weighted by Crippen LogP contribution is -1.92. The van der Waals surface area contributed by atoms with Crippen LogP contribution in [0.2, 0.25) is 0 Å². The molecule has 0 aliphatic heterocycles. The van der Waals surface area contributed by atoms with Crippen LogP contribution in [0.3, 0.4) is 0 Å².